The highest BCUT2D eigenvalue weighted by Crippen LogP contribution is 2.40. The van der Waals surface area contributed by atoms with Crippen LogP contribution in [-0.4, -0.2) is 22.2 Å². The van der Waals surface area contributed by atoms with Crippen LogP contribution < -0.4 is 5.32 Å². The van der Waals surface area contributed by atoms with Crippen LogP contribution in [0.2, 0.25) is 0 Å². The summed E-state index contributed by atoms with van der Waals surface area (Å²) < 4.78 is 7.25. The third kappa shape index (κ3) is 2.65. The Kier molecular flexibility index (Phi) is 3.61. The molecule has 0 saturated heterocycles. The summed E-state index contributed by atoms with van der Waals surface area (Å²) in [7, 11) is 0. The van der Waals surface area contributed by atoms with Gasteiger partial charge in [0.1, 0.15) is 5.60 Å². The van der Waals surface area contributed by atoms with Gasteiger partial charge in [0.15, 0.2) is 0 Å². The zero-order chi connectivity index (χ0) is 18.5. The average Bonchev–Trinajstić information content (AvgIpc) is 2.80. The lowest BCUT2D eigenvalue weighted by atomic mass is 10.0. The molecule has 5 heteroatoms. The molecule has 0 saturated carbocycles. The summed E-state index contributed by atoms with van der Waals surface area (Å²) in [5.41, 5.74) is 3.20. The lowest BCUT2D eigenvalue weighted by Gasteiger charge is -2.21. The first-order valence-electron chi connectivity index (χ1n) is 8.60. The quantitative estimate of drug-likeness (QED) is 0.646. The Balaban J connectivity index is 2.07. The van der Waals surface area contributed by atoms with Gasteiger partial charge in [-0.3, -0.25) is 4.79 Å². The number of fused-ring (bicyclic) bond motifs is 5. The van der Waals surface area contributed by atoms with Crippen molar-refractivity contribution in [3.8, 4) is 11.3 Å². The summed E-state index contributed by atoms with van der Waals surface area (Å²) in [5.74, 6) is -0.0942. The van der Waals surface area contributed by atoms with Gasteiger partial charge in [-0.05, 0) is 38.5 Å². The molecule has 5 nitrogen and oxygen atoms in total. The van der Waals surface area contributed by atoms with Crippen molar-refractivity contribution in [2.75, 3.05) is 5.32 Å². The van der Waals surface area contributed by atoms with Gasteiger partial charge in [-0.15, -0.1) is 0 Å². The molecule has 0 fully saturated rings. The molecule has 3 aromatic rings. The SMILES string of the molecule is CC(C)(C)OC(=O)n1c2c(c3ccccc31)CC(=O)Nc1ccccc1-2. The molecule has 0 radical (unpaired) electrons. The Morgan fingerprint density at radius 2 is 1.77 bits per heavy atom. The van der Waals surface area contributed by atoms with Crippen LogP contribution in [-0.2, 0) is 16.0 Å². The number of aromatic nitrogens is 1. The first-order valence-corrected chi connectivity index (χ1v) is 8.60. The van der Waals surface area contributed by atoms with Crippen LogP contribution >= 0.6 is 0 Å². The first-order chi connectivity index (χ1) is 12.3. The Hall–Kier alpha value is -3.08. The lowest BCUT2D eigenvalue weighted by molar-refractivity contribution is -0.115. The number of amides is 1. The molecular formula is C21H20N2O3. The number of nitrogens with zero attached hydrogens (tertiary/aromatic N) is 1. The van der Waals surface area contributed by atoms with Gasteiger partial charge in [0.05, 0.1) is 23.3 Å². The molecule has 0 aliphatic carbocycles. The standard InChI is InChI=1S/C21H20N2O3/c1-21(2,3)26-20(25)23-17-11-7-5-8-13(17)15-12-18(24)22-16-10-6-4-9-14(16)19(15)23/h4-11H,12H2,1-3H3,(H,22,24). The van der Waals surface area contributed by atoms with Gasteiger partial charge in [-0.2, -0.15) is 0 Å². The van der Waals surface area contributed by atoms with Crippen molar-refractivity contribution in [3.63, 3.8) is 0 Å². The molecule has 1 amide bonds. The van der Waals surface area contributed by atoms with Crippen molar-refractivity contribution >= 4 is 28.6 Å². The second-order valence-corrected chi connectivity index (χ2v) is 7.43. The number of rotatable bonds is 0. The molecule has 2 aromatic carbocycles. The van der Waals surface area contributed by atoms with Gasteiger partial charge in [-0.25, -0.2) is 9.36 Å². The maximum atomic E-state index is 13.0. The lowest BCUT2D eigenvalue weighted by Crippen LogP contribution is -2.27. The Bertz CT molecular complexity index is 1040. The zero-order valence-electron chi connectivity index (χ0n) is 15.0. The number of ether oxygens (including phenoxy) is 1. The third-order valence-electron chi connectivity index (χ3n) is 4.35. The van der Waals surface area contributed by atoms with Crippen molar-refractivity contribution in [1.82, 2.24) is 4.57 Å². The van der Waals surface area contributed by atoms with Crippen molar-refractivity contribution < 1.29 is 14.3 Å². The largest absolute Gasteiger partial charge is 0.443 e. The smallest absolute Gasteiger partial charge is 0.419 e. The van der Waals surface area contributed by atoms with Crippen molar-refractivity contribution in [1.29, 1.82) is 0 Å². The monoisotopic (exact) mass is 348 g/mol. The number of benzene rings is 2. The number of hydrogen-bond acceptors (Lipinski definition) is 3. The van der Waals surface area contributed by atoms with Gasteiger partial charge in [0.25, 0.3) is 0 Å². The van der Waals surface area contributed by atoms with Crippen molar-refractivity contribution in [2.45, 2.75) is 32.8 Å². The summed E-state index contributed by atoms with van der Waals surface area (Å²) in [6.07, 6.45) is -0.237. The summed E-state index contributed by atoms with van der Waals surface area (Å²) >= 11 is 0. The third-order valence-corrected chi connectivity index (χ3v) is 4.35. The molecule has 0 spiro atoms. The fourth-order valence-electron chi connectivity index (χ4n) is 3.42. The van der Waals surface area contributed by atoms with E-state index in [-0.39, 0.29) is 12.3 Å². The molecule has 4 rings (SSSR count). The fourth-order valence-corrected chi connectivity index (χ4v) is 3.42. The molecule has 0 unspecified atom stereocenters. The van der Waals surface area contributed by atoms with Crippen molar-refractivity contribution in [3.05, 3.63) is 54.1 Å². The van der Waals surface area contributed by atoms with E-state index >= 15 is 0 Å². The molecule has 2 heterocycles. The van der Waals surface area contributed by atoms with Crippen LogP contribution in [0.3, 0.4) is 0 Å². The van der Waals surface area contributed by atoms with Crippen LogP contribution in [0.25, 0.3) is 22.2 Å². The summed E-state index contributed by atoms with van der Waals surface area (Å²) in [6.45, 7) is 5.52. The minimum absolute atomic E-state index is 0.0942. The van der Waals surface area contributed by atoms with E-state index in [1.54, 1.807) is 4.57 Å². The Labute approximate surface area is 151 Å². The molecule has 1 aliphatic heterocycles. The molecule has 0 atom stereocenters. The number of anilines is 1. The minimum Gasteiger partial charge on any atom is -0.443 e. The Morgan fingerprint density at radius 1 is 1.08 bits per heavy atom. The van der Waals surface area contributed by atoms with E-state index in [1.165, 1.54) is 0 Å². The van der Waals surface area contributed by atoms with E-state index in [0.29, 0.717) is 5.69 Å². The molecule has 1 aromatic heterocycles. The zero-order valence-corrected chi connectivity index (χ0v) is 15.0. The van der Waals surface area contributed by atoms with E-state index in [9.17, 15) is 9.59 Å². The molecule has 26 heavy (non-hydrogen) atoms. The van der Waals surface area contributed by atoms with Crippen LogP contribution in [0.4, 0.5) is 10.5 Å². The molecule has 1 aliphatic rings. The van der Waals surface area contributed by atoms with Crippen LogP contribution in [0.15, 0.2) is 48.5 Å². The van der Waals surface area contributed by atoms with Crippen LogP contribution in [0, 0.1) is 0 Å². The van der Waals surface area contributed by atoms with Gasteiger partial charge in [0, 0.05) is 10.9 Å². The van der Waals surface area contributed by atoms with E-state index in [1.807, 2.05) is 69.3 Å². The maximum absolute atomic E-state index is 13.0. The fraction of sp³-hybridized carbons (Fsp3) is 0.238. The van der Waals surface area contributed by atoms with E-state index in [4.69, 9.17) is 4.74 Å². The second kappa shape index (κ2) is 5.73. The first kappa shape index (κ1) is 16.4. The number of para-hydroxylation sites is 2. The molecule has 132 valence electrons. The van der Waals surface area contributed by atoms with Gasteiger partial charge in [-0.1, -0.05) is 36.4 Å². The molecule has 1 N–H and O–H groups in total. The normalized spacial score (nSPS) is 13.6. The second-order valence-electron chi connectivity index (χ2n) is 7.43. The Morgan fingerprint density at radius 3 is 2.54 bits per heavy atom. The minimum atomic E-state index is -0.617. The highest BCUT2D eigenvalue weighted by Gasteiger charge is 2.30. The summed E-state index contributed by atoms with van der Waals surface area (Å²) in [6, 6.07) is 15.1. The average molecular weight is 348 g/mol. The van der Waals surface area contributed by atoms with Gasteiger partial charge >= 0.3 is 6.09 Å². The van der Waals surface area contributed by atoms with E-state index in [2.05, 4.69) is 5.32 Å². The predicted molar refractivity (Wildman–Crippen MR) is 101 cm³/mol. The topological polar surface area (TPSA) is 60.3 Å². The number of nitrogens with one attached hydrogen (secondary N) is 1. The van der Waals surface area contributed by atoms with Gasteiger partial charge in [0.2, 0.25) is 5.91 Å². The van der Waals surface area contributed by atoms with Gasteiger partial charge < -0.3 is 10.1 Å². The molecule has 0 bridgehead atoms. The maximum Gasteiger partial charge on any atom is 0.419 e. The van der Waals surface area contributed by atoms with E-state index < -0.39 is 11.7 Å². The van der Waals surface area contributed by atoms with Crippen LogP contribution in [0.1, 0.15) is 26.3 Å². The molecular weight excluding hydrogens is 328 g/mol. The summed E-state index contributed by atoms with van der Waals surface area (Å²) in [4.78, 5) is 25.5. The highest BCUT2D eigenvalue weighted by molar-refractivity contribution is 6.08. The number of carbonyl (C=O) groups is 2. The highest BCUT2D eigenvalue weighted by atomic mass is 16.6. The van der Waals surface area contributed by atoms with Crippen molar-refractivity contribution in [2.24, 2.45) is 0 Å². The number of carbonyl (C=O) groups excluding carboxylic acids is 2. The van der Waals surface area contributed by atoms with Crippen LogP contribution in [0.5, 0.6) is 0 Å². The predicted octanol–water partition coefficient (Wildman–Crippen LogP) is 4.59. The summed E-state index contributed by atoms with van der Waals surface area (Å²) in [5, 5.41) is 3.82. The van der Waals surface area contributed by atoms with E-state index in [0.717, 1.165) is 27.7 Å². The number of hydrogen-bond donors (Lipinski definition) is 1.